The van der Waals surface area contributed by atoms with E-state index >= 15 is 0 Å². The Labute approximate surface area is 132 Å². The quantitative estimate of drug-likeness (QED) is 0.843. The average molecular weight is 306 g/mol. The number of hydrogen-bond acceptors (Lipinski definition) is 5. The van der Waals surface area contributed by atoms with Gasteiger partial charge in [-0.25, -0.2) is 14.8 Å². The molecule has 0 saturated heterocycles. The third-order valence-corrected chi connectivity index (χ3v) is 3.79. The van der Waals surface area contributed by atoms with Crippen LogP contribution in [0.1, 0.15) is 46.2 Å². The van der Waals surface area contributed by atoms with Crippen LogP contribution in [-0.2, 0) is 11.3 Å². The Morgan fingerprint density at radius 1 is 1.36 bits per heavy atom. The molecule has 1 aromatic heterocycles. The highest BCUT2D eigenvalue weighted by molar-refractivity contribution is 5.67. The maximum absolute atomic E-state index is 11.8. The predicted octanol–water partition coefficient (Wildman–Crippen LogP) is 2.26. The largest absolute Gasteiger partial charge is 0.444 e. The van der Waals surface area contributed by atoms with E-state index in [4.69, 9.17) is 4.74 Å². The molecule has 1 aromatic rings. The van der Waals surface area contributed by atoms with E-state index in [-0.39, 0.29) is 11.6 Å². The summed E-state index contributed by atoms with van der Waals surface area (Å²) in [4.78, 5) is 20.0. The molecule has 1 amide bonds. The fourth-order valence-corrected chi connectivity index (χ4v) is 2.36. The van der Waals surface area contributed by atoms with Gasteiger partial charge in [-0.3, -0.25) is 0 Å². The van der Waals surface area contributed by atoms with Gasteiger partial charge in [-0.2, -0.15) is 0 Å². The zero-order valence-corrected chi connectivity index (χ0v) is 13.8. The third kappa shape index (κ3) is 5.26. The molecule has 122 valence electrons. The van der Waals surface area contributed by atoms with Gasteiger partial charge in [0.2, 0.25) is 0 Å². The first-order chi connectivity index (χ1) is 10.3. The van der Waals surface area contributed by atoms with Crippen LogP contribution in [0.2, 0.25) is 0 Å². The highest BCUT2D eigenvalue weighted by Crippen LogP contribution is 2.39. The number of nitrogens with one attached hydrogen (secondary N) is 2. The summed E-state index contributed by atoms with van der Waals surface area (Å²) in [5.74, 6) is 0.573. The Balaban J connectivity index is 1.87. The number of carbonyl (C=O) groups excluding carboxylic acids is 1. The summed E-state index contributed by atoms with van der Waals surface area (Å²) in [5, 5.41) is 6.41. The highest BCUT2D eigenvalue weighted by atomic mass is 16.6. The second-order valence-electron chi connectivity index (χ2n) is 7.10. The standard InChI is InChI=1S/C16H26N4O2/c1-15(2,3)22-14(21)18-10-16(4,12-5-6-12)20-9-13-7-8-17-11-19-13/h7-8,11-12,20H,5-6,9-10H2,1-4H3,(H,18,21). The first kappa shape index (κ1) is 16.7. The van der Waals surface area contributed by atoms with Crippen LogP contribution in [0.3, 0.4) is 0 Å². The van der Waals surface area contributed by atoms with E-state index in [0.717, 1.165) is 5.69 Å². The molecular formula is C16H26N4O2. The average Bonchev–Trinajstić information content (AvgIpc) is 3.27. The van der Waals surface area contributed by atoms with Crippen molar-refractivity contribution in [2.75, 3.05) is 6.54 Å². The van der Waals surface area contributed by atoms with Crippen molar-refractivity contribution in [3.8, 4) is 0 Å². The smallest absolute Gasteiger partial charge is 0.407 e. The van der Waals surface area contributed by atoms with Gasteiger partial charge < -0.3 is 15.4 Å². The van der Waals surface area contributed by atoms with Gasteiger partial charge >= 0.3 is 6.09 Å². The van der Waals surface area contributed by atoms with Crippen LogP contribution in [0, 0.1) is 5.92 Å². The van der Waals surface area contributed by atoms with E-state index in [9.17, 15) is 4.79 Å². The fourth-order valence-electron chi connectivity index (χ4n) is 2.36. The Hall–Kier alpha value is -1.69. The second kappa shape index (κ2) is 6.60. The first-order valence-electron chi connectivity index (χ1n) is 7.75. The number of aromatic nitrogens is 2. The monoisotopic (exact) mass is 306 g/mol. The van der Waals surface area contributed by atoms with Crippen molar-refractivity contribution in [2.45, 2.75) is 58.2 Å². The lowest BCUT2D eigenvalue weighted by atomic mass is 9.95. The number of rotatable bonds is 6. The van der Waals surface area contributed by atoms with Crippen molar-refractivity contribution in [1.29, 1.82) is 0 Å². The van der Waals surface area contributed by atoms with Gasteiger partial charge in [0.05, 0.1) is 5.69 Å². The van der Waals surface area contributed by atoms with E-state index in [1.165, 1.54) is 12.8 Å². The third-order valence-electron chi connectivity index (χ3n) is 3.79. The number of hydrogen-bond donors (Lipinski definition) is 2. The minimum atomic E-state index is -0.478. The molecule has 1 saturated carbocycles. The number of amides is 1. The molecule has 0 bridgehead atoms. The molecular weight excluding hydrogens is 280 g/mol. The molecule has 2 N–H and O–H groups in total. The molecule has 2 rings (SSSR count). The van der Waals surface area contributed by atoms with Crippen LogP contribution in [0.4, 0.5) is 4.79 Å². The molecule has 0 radical (unpaired) electrons. The highest BCUT2D eigenvalue weighted by Gasteiger charge is 2.41. The Bertz CT molecular complexity index is 497. The van der Waals surface area contributed by atoms with Crippen LogP contribution >= 0.6 is 0 Å². The van der Waals surface area contributed by atoms with E-state index in [1.54, 1.807) is 12.5 Å². The van der Waals surface area contributed by atoms with Crippen LogP contribution in [0.5, 0.6) is 0 Å². The van der Waals surface area contributed by atoms with Gasteiger partial charge in [0.1, 0.15) is 11.9 Å². The van der Waals surface area contributed by atoms with Crippen LogP contribution < -0.4 is 10.6 Å². The number of carbonyl (C=O) groups is 1. The van der Waals surface area contributed by atoms with Crippen molar-refractivity contribution in [3.05, 3.63) is 24.3 Å². The van der Waals surface area contributed by atoms with Crippen molar-refractivity contribution in [2.24, 2.45) is 5.92 Å². The summed E-state index contributed by atoms with van der Waals surface area (Å²) in [5.41, 5.74) is 0.315. The fraction of sp³-hybridized carbons (Fsp3) is 0.688. The van der Waals surface area contributed by atoms with Gasteiger partial charge in [-0.15, -0.1) is 0 Å². The first-order valence-corrected chi connectivity index (χ1v) is 7.75. The summed E-state index contributed by atoms with van der Waals surface area (Å²) in [6.07, 6.45) is 5.28. The molecule has 1 aliphatic carbocycles. The van der Waals surface area contributed by atoms with E-state index in [1.807, 2.05) is 26.8 Å². The normalized spacial score (nSPS) is 17.6. The summed E-state index contributed by atoms with van der Waals surface area (Å²) in [7, 11) is 0. The van der Waals surface area contributed by atoms with Crippen molar-refractivity contribution < 1.29 is 9.53 Å². The summed E-state index contributed by atoms with van der Waals surface area (Å²) in [6.45, 7) is 8.92. The summed E-state index contributed by atoms with van der Waals surface area (Å²) in [6, 6.07) is 1.89. The zero-order chi connectivity index (χ0) is 16.2. The van der Waals surface area contributed by atoms with E-state index < -0.39 is 5.60 Å². The molecule has 6 nitrogen and oxygen atoms in total. The Morgan fingerprint density at radius 3 is 2.64 bits per heavy atom. The minimum Gasteiger partial charge on any atom is -0.444 e. The summed E-state index contributed by atoms with van der Waals surface area (Å²) < 4.78 is 5.30. The lowest BCUT2D eigenvalue weighted by Gasteiger charge is -2.32. The predicted molar refractivity (Wildman–Crippen MR) is 84.2 cm³/mol. The van der Waals surface area contributed by atoms with Crippen LogP contribution in [-0.4, -0.2) is 33.7 Å². The van der Waals surface area contributed by atoms with Gasteiger partial charge in [0.15, 0.2) is 0 Å². The number of alkyl carbamates (subject to hydrolysis) is 1. The minimum absolute atomic E-state index is 0.151. The van der Waals surface area contributed by atoms with E-state index in [2.05, 4.69) is 27.5 Å². The molecule has 1 aliphatic rings. The van der Waals surface area contributed by atoms with Gasteiger partial charge in [-0.05, 0) is 52.5 Å². The lowest BCUT2D eigenvalue weighted by molar-refractivity contribution is 0.0507. The van der Waals surface area contributed by atoms with Gasteiger partial charge in [0.25, 0.3) is 0 Å². The van der Waals surface area contributed by atoms with Crippen molar-refractivity contribution in [3.63, 3.8) is 0 Å². The topological polar surface area (TPSA) is 76.1 Å². The molecule has 1 heterocycles. The maximum Gasteiger partial charge on any atom is 0.407 e. The van der Waals surface area contributed by atoms with Gasteiger partial charge in [-0.1, -0.05) is 0 Å². The van der Waals surface area contributed by atoms with Gasteiger partial charge in [0, 0.05) is 24.8 Å². The second-order valence-corrected chi connectivity index (χ2v) is 7.10. The lowest BCUT2D eigenvalue weighted by Crippen LogP contribution is -2.53. The molecule has 1 fully saturated rings. The maximum atomic E-state index is 11.8. The molecule has 0 aliphatic heterocycles. The number of ether oxygens (including phenoxy) is 1. The van der Waals surface area contributed by atoms with Crippen LogP contribution in [0.15, 0.2) is 18.6 Å². The van der Waals surface area contributed by atoms with Crippen molar-refractivity contribution in [1.82, 2.24) is 20.6 Å². The molecule has 6 heteroatoms. The SMILES string of the molecule is CC(C)(C)OC(=O)NCC(C)(NCc1ccncn1)C1CC1. The van der Waals surface area contributed by atoms with Crippen molar-refractivity contribution >= 4 is 6.09 Å². The molecule has 1 unspecified atom stereocenters. The number of nitrogens with zero attached hydrogens (tertiary/aromatic N) is 2. The molecule has 0 aromatic carbocycles. The Kier molecular flexibility index (Phi) is 5.01. The van der Waals surface area contributed by atoms with E-state index in [0.29, 0.717) is 19.0 Å². The molecule has 1 atom stereocenters. The van der Waals surface area contributed by atoms with Crippen LogP contribution in [0.25, 0.3) is 0 Å². The Morgan fingerprint density at radius 2 is 2.09 bits per heavy atom. The molecule has 0 spiro atoms. The zero-order valence-electron chi connectivity index (χ0n) is 13.8. The summed E-state index contributed by atoms with van der Waals surface area (Å²) >= 11 is 0. The molecule has 22 heavy (non-hydrogen) atoms.